The number of anilines is 1. The van der Waals surface area contributed by atoms with Gasteiger partial charge in [-0.05, 0) is 18.6 Å². The smallest absolute Gasteiger partial charge is 0.228 e. The Labute approximate surface area is 94.0 Å². The molecule has 4 heteroatoms. The van der Waals surface area contributed by atoms with Crippen molar-refractivity contribution in [2.45, 2.75) is 12.8 Å². The molecule has 84 valence electrons. The first-order valence-electron chi connectivity index (χ1n) is 5.38. The van der Waals surface area contributed by atoms with Crippen molar-refractivity contribution in [1.29, 1.82) is 0 Å². The maximum absolute atomic E-state index is 11.8. The molecule has 1 atom stereocenters. The van der Waals surface area contributed by atoms with Crippen LogP contribution >= 0.6 is 0 Å². The lowest BCUT2D eigenvalue weighted by atomic mass is 9.96. The molecule has 1 aromatic carbocycles. The fourth-order valence-corrected chi connectivity index (χ4v) is 1.77. The highest BCUT2D eigenvalue weighted by Crippen LogP contribution is 2.15. The molecule has 0 aromatic heterocycles. The monoisotopic (exact) mass is 218 g/mol. The van der Waals surface area contributed by atoms with Gasteiger partial charge in [0.2, 0.25) is 11.8 Å². The predicted molar refractivity (Wildman–Crippen MR) is 60.8 cm³/mol. The highest BCUT2D eigenvalue weighted by Gasteiger charge is 2.25. The fourth-order valence-electron chi connectivity index (χ4n) is 1.77. The molecule has 1 saturated heterocycles. The van der Waals surface area contributed by atoms with E-state index in [4.69, 9.17) is 0 Å². The van der Waals surface area contributed by atoms with Crippen LogP contribution in [0.1, 0.15) is 12.8 Å². The Morgan fingerprint density at radius 3 is 2.75 bits per heavy atom. The second-order valence-electron chi connectivity index (χ2n) is 3.89. The Kier molecular flexibility index (Phi) is 3.19. The normalized spacial score (nSPS) is 20.0. The third kappa shape index (κ3) is 2.59. The first-order chi connectivity index (χ1) is 7.75. The van der Waals surface area contributed by atoms with E-state index in [1.807, 2.05) is 30.3 Å². The van der Waals surface area contributed by atoms with Gasteiger partial charge in [0.1, 0.15) is 0 Å². The van der Waals surface area contributed by atoms with E-state index in [9.17, 15) is 9.59 Å². The van der Waals surface area contributed by atoms with Gasteiger partial charge in [0.15, 0.2) is 0 Å². The van der Waals surface area contributed by atoms with Gasteiger partial charge in [0.05, 0.1) is 0 Å². The van der Waals surface area contributed by atoms with Crippen LogP contribution in [0.5, 0.6) is 0 Å². The van der Waals surface area contributed by atoms with E-state index in [1.165, 1.54) is 0 Å². The number of amides is 2. The Morgan fingerprint density at radius 2 is 2.06 bits per heavy atom. The lowest BCUT2D eigenvalue weighted by molar-refractivity contribution is -0.129. The molecule has 1 heterocycles. The predicted octanol–water partition coefficient (Wildman–Crippen LogP) is 1.15. The highest BCUT2D eigenvalue weighted by atomic mass is 16.2. The number of piperidine rings is 1. The van der Waals surface area contributed by atoms with Crippen LogP contribution in [0, 0.1) is 5.92 Å². The van der Waals surface area contributed by atoms with E-state index < -0.39 is 0 Å². The summed E-state index contributed by atoms with van der Waals surface area (Å²) >= 11 is 0. The van der Waals surface area contributed by atoms with Gasteiger partial charge in [-0.25, -0.2) is 0 Å². The van der Waals surface area contributed by atoms with Crippen molar-refractivity contribution in [3.8, 4) is 0 Å². The molecule has 1 aromatic rings. The third-order valence-corrected chi connectivity index (χ3v) is 2.66. The van der Waals surface area contributed by atoms with Crippen LogP contribution in [0.25, 0.3) is 0 Å². The van der Waals surface area contributed by atoms with Crippen molar-refractivity contribution in [2.75, 3.05) is 11.9 Å². The second-order valence-corrected chi connectivity index (χ2v) is 3.89. The summed E-state index contributed by atoms with van der Waals surface area (Å²) in [7, 11) is 0. The number of para-hydroxylation sites is 1. The van der Waals surface area contributed by atoms with E-state index >= 15 is 0 Å². The standard InChI is InChI=1S/C12H14N2O2/c15-11-8-9(6-7-13-11)12(16)14-10-4-2-1-3-5-10/h1-5,9H,6-8H2,(H,13,15)(H,14,16). The molecule has 0 spiro atoms. The van der Waals surface area contributed by atoms with Crippen molar-refractivity contribution in [1.82, 2.24) is 5.32 Å². The van der Waals surface area contributed by atoms with Crippen molar-refractivity contribution in [2.24, 2.45) is 5.92 Å². The van der Waals surface area contributed by atoms with E-state index in [-0.39, 0.29) is 17.7 Å². The van der Waals surface area contributed by atoms with Gasteiger partial charge in [-0.15, -0.1) is 0 Å². The van der Waals surface area contributed by atoms with Gasteiger partial charge < -0.3 is 10.6 Å². The summed E-state index contributed by atoms with van der Waals surface area (Å²) in [5.74, 6) is -0.311. The van der Waals surface area contributed by atoms with Crippen LogP contribution in [0.15, 0.2) is 30.3 Å². The van der Waals surface area contributed by atoms with Crippen LogP contribution in [-0.4, -0.2) is 18.4 Å². The number of carbonyl (C=O) groups excluding carboxylic acids is 2. The van der Waals surface area contributed by atoms with E-state index in [0.717, 1.165) is 5.69 Å². The number of carbonyl (C=O) groups is 2. The van der Waals surface area contributed by atoms with Crippen molar-refractivity contribution in [3.63, 3.8) is 0 Å². The summed E-state index contributed by atoms with van der Waals surface area (Å²) in [6.07, 6.45) is 1.00. The molecule has 1 fully saturated rings. The number of rotatable bonds is 2. The van der Waals surface area contributed by atoms with Gasteiger partial charge in [0.25, 0.3) is 0 Å². The summed E-state index contributed by atoms with van der Waals surface area (Å²) in [5, 5.41) is 5.53. The number of hydrogen-bond acceptors (Lipinski definition) is 2. The lowest BCUT2D eigenvalue weighted by Crippen LogP contribution is -2.38. The zero-order valence-electron chi connectivity index (χ0n) is 8.90. The molecule has 1 aliphatic rings. The first kappa shape index (κ1) is 10.7. The first-order valence-corrected chi connectivity index (χ1v) is 5.38. The molecule has 1 unspecified atom stereocenters. The second kappa shape index (κ2) is 4.79. The SMILES string of the molecule is O=C1CC(C(=O)Nc2ccccc2)CCN1. The van der Waals surface area contributed by atoms with Crippen molar-refractivity contribution in [3.05, 3.63) is 30.3 Å². The lowest BCUT2D eigenvalue weighted by Gasteiger charge is -2.21. The van der Waals surface area contributed by atoms with Gasteiger partial charge in [-0.2, -0.15) is 0 Å². The minimum atomic E-state index is -0.200. The van der Waals surface area contributed by atoms with Crippen molar-refractivity contribution < 1.29 is 9.59 Å². The van der Waals surface area contributed by atoms with Gasteiger partial charge in [-0.3, -0.25) is 9.59 Å². The molecule has 2 N–H and O–H groups in total. The maximum atomic E-state index is 11.8. The molecular weight excluding hydrogens is 204 g/mol. The van der Waals surface area contributed by atoms with Gasteiger partial charge in [0, 0.05) is 24.6 Å². The maximum Gasteiger partial charge on any atom is 0.228 e. The topological polar surface area (TPSA) is 58.2 Å². The quantitative estimate of drug-likeness (QED) is 0.782. The molecule has 0 bridgehead atoms. The van der Waals surface area contributed by atoms with Crippen LogP contribution in [0.4, 0.5) is 5.69 Å². The average molecular weight is 218 g/mol. The minimum Gasteiger partial charge on any atom is -0.356 e. The largest absolute Gasteiger partial charge is 0.356 e. The summed E-state index contributed by atoms with van der Waals surface area (Å²) < 4.78 is 0. The van der Waals surface area contributed by atoms with E-state index in [1.54, 1.807) is 0 Å². The van der Waals surface area contributed by atoms with E-state index in [2.05, 4.69) is 10.6 Å². The fraction of sp³-hybridized carbons (Fsp3) is 0.333. The highest BCUT2D eigenvalue weighted by molar-refractivity contribution is 5.95. The van der Waals surface area contributed by atoms with Crippen LogP contribution < -0.4 is 10.6 Å². The van der Waals surface area contributed by atoms with Gasteiger partial charge in [-0.1, -0.05) is 18.2 Å². The van der Waals surface area contributed by atoms with Crippen molar-refractivity contribution >= 4 is 17.5 Å². The number of hydrogen-bond donors (Lipinski definition) is 2. The molecule has 0 saturated carbocycles. The Bertz CT molecular complexity index is 389. The Hall–Kier alpha value is -1.84. The summed E-state index contributed by atoms with van der Waals surface area (Å²) in [6.45, 7) is 0.589. The molecule has 2 rings (SSSR count). The Balaban J connectivity index is 1.95. The van der Waals surface area contributed by atoms with Crippen LogP contribution in [-0.2, 0) is 9.59 Å². The van der Waals surface area contributed by atoms with Crippen LogP contribution in [0.3, 0.4) is 0 Å². The number of nitrogens with one attached hydrogen (secondary N) is 2. The molecular formula is C12H14N2O2. The molecule has 1 aliphatic heterocycles. The molecule has 0 aliphatic carbocycles. The van der Waals surface area contributed by atoms with E-state index in [0.29, 0.717) is 19.4 Å². The zero-order chi connectivity index (χ0) is 11.4. The molecule has 16 heavy (non-hydrogen) atoms. The summed E-state index contributed by atoms with van der Waals surface area (Å²) in [5.41, 5.74) is 0.776. The summed E-state index contributed by atoms with van der Waals surface area (Å²) in [4.78, 5) is 23.0. The minimum absolute atomic E-state index is 0.0422. The summed E-state index contributed by atoms with van der Waals surface area (Å²) in [6, 6.07) is 9.29. The number of benzene rings is 1. The molecule has 4 nitrogen and oxygen atoms in total. The van der Waals surface area contributed by atoms with Gasteiger partial charge >= 0.3 is 0 Å². The average Bonchev–Trinajstić information content (AvgIpc) is 2.30. The molecule has 0 radical (unpaired) electrons. The van der Waals surface area contributed by atoms with Crippen LogP contribution in [0.2, 0.25) is 0 Å². The zero-order valence-corrected chi connectivity index (χ0v) is 8.90. The molecule has 2 amide bonds. The third-order valence-electron chi connectivity index (χ3n) is 2.66. The Morgan fingerprint density at radius 1 is 1.31 bits per heavy atom.